The van der Waals surface area contributed by atoms with Crippen molar-refractivity contribution < 1.29 is 0 Å². The van der Waals surface area contributed by atoms with Crippen LogP contribution in [0, 0.1) is 5.41 Å². The normalized spacial score (nSPS) is 18.6. The second kappa shape index (κ2) is 9.72. The molecule has 5 heteroatoms. The van der Waals surface area contributed by atoms with Gasteiger partial charge >= 0.3 is 0 Å². The van der Waals surface area contributed by atoms with Crippen LogP contribution in [0.3, 0.4) is 0 Å². The Hall–Kier alpha value is -1.88. The van der Waals surface area contributed by atoms with E-state index in [1.165, 1.54) is 32.1 Å². The Kier molecular flexibility index (Phi) is 7.06. The van der Waals surface area contributed by atoms with Gasteiger partial charge in [0.05, 0.1) is 0 Å². The number of pyridine rings is 1. The Bertz CT molecular complexity index is 609. The van der Waals surface area contributed by atoms with Crippen molar-refractivity contribution in [3.05, 3.63) is 29.8 Å². The van der Waals surface area contributed by atoms with Crippen LogP contribution < -0.4 is 10.2 Å². The summed E-state index contributed by atoms with van der Waals surface area (Å²) in [7, 11) is 1.91. The van der Waals surface area contributed by atoms with Crippen LogP contribution in [0.25, 0.3) is 0 Å². The maximum absolute atomic E-state index is 8.50. The van der Waals surface area contributed by atoms with Gasteiger partial charge < -0.3 is 15.6 Å². The van der Waals surface area contributed by atoms with E-state index in [0.29, 0.717) is 5.71 Å². The van der Waals surface area contributed by atoms with Gasteiger partial charge in [0.1, 0.15) is 11.6 Å². The second-order valence-electron chi connectivity index (χ2n) is 7.38. The van der Waals surface area contributed by atoms with Crippen molar-refractivity contribution in [3.8, 4) is 0 Å². The van der Waals surface area contributed by atoms with Crippen molar-refractivity contribution >= 4 is 17.3 Å². The summed E-state index contributed by atoms with van der Waals surface area (Å²) >= 11 is 0. The summed E-state index contributed by atoms with van der Waals surface area (Å²) < 4.78 is 0. The van der Waals surface area contributed by atoms with Crippen LogP contribution >= 0.6 is 0 Å². The Labute approximate surface area is 158 Å². The highest BCUT2D eigenvalue weighted by atomic mass is 15.2. The van der Waals surface area contributed by atoms with Crippen molar-refractivity contribution in [1.29, 1.82) is 5.41 Å². The van der Waals surface area contributed by atoms with Crippen molar-refractivity contribution in [2.24, 2.45) is 0 Å². The molecule has 2 N–H and O–H groups in total. The summed E-state index contributed by atoms with van der Waals surface area (Å²) in [5.74, 6) is 1.90. The molecule has 1 aromatic heterocycles. The van der Waals surface area contributed by atoms with E-state index in [0.717, 1.165) is 62.8 Å². The predicted octanol–water partition coefficient (Wildman–Crippen LogP) is 3.91. The van der Waals surface area contributed by atoms with E-state index >= 15 is 0 Å². The van der Waals surface area contributed by atoms with Crippen LogP contribution in [-0.4, -0.2) is 55.4 Å². The minimum absolute atomic E-state index is 0.688. The van der Waals surface area contributed by atoms with Gasteiger partial charge in [0.25, 0.3) is 0 Å². The fraction of sp³-hybridized carbons (Fsp3) is 0.619. The number of hydrogen-bond acceptors (Lipinski definition) is 5. The monoisotopic (exact) mass is 355 g/mol. The third kappa shape index (κ3) is 5.07. The number of aromatic nitrogens is 1. The van der Waals surface area contributed by atoms with Crippen molar-refractivity contribution in [2.45, 2.75) is 44.9 Å². The van der Waals surface area contributed by atoms with Gasteiger partial charge in [-0.1, -0.05) is 31.4 Å². The lowest BCUT2D eigenvalue weighted by molar-refractivity contribution is 0.349. The topological polar surface area (TPSA) is 55.3 Å². The van der Waals surface area contributed by atoms with Crippen molar-refractivity contribution in [2.75, 3.05) is 50.0 Å². The Morgan fingerprint density at radius 3 is 2.46 bits per heavy atom. The van der Waals surface area contributed by atoms with Gasteiger partial charge in [0.15, 0.2) is 0 Å². The molecule has 0 spiro atoms. The number of rotatable bonds is 7. The largest absolute Gasteiger partial charge is 0.373 e. The third-order valence-electron chi connectivity index (χ3n) is 5.42. The van der Waals surface area contributed by atoms with Crippen LogP contribution in [0.5, 0.6) is 0 Å². The first kappa shape index (κ1) is 18.9. The first-order valence-electron chi connectivity index (χ1n) is 10.2. The summed E-state index contributed by atoms with van der Waals surface area (Å²) in [6.07, 6.45) is 12.8. The van der Waals surface area contributed by atoms with E-state index in [4.69, 9.17) is 10.4 Å². The smallest absolute Gasteiger partial charge is 0.137 e. The summed E-state index contributed by atoms with van der Waals surface area (Å²) in [6.45, 7) is 5.36. The molecule has 0 unspecified atom stereocenters. The Morgan fingerprint density at radius 1 is 1.08 bits per heavy atom. The lowest BCUT2D eigenvalue weighted by Crippen LogP contribution is -2.28. The standard InChI is InChI=1S/C21H33N5/c1-23-21-18(19(22)10-9-15-25-13-7-8-14-25)11-12-20(24-21)26-16-5-3-2-4-6-17-26/h7-8,11-12,22H,2-6,9-10,13-17H2,1H3,(H,23,24). The minimum Gasteiger partial charge on any atom is -0.373 e. The first-order chi connectivity index (χ1) is 12.8. The zero-order chi connectivity index (χ0) is 18.2. The maximum atomic E-state index is 8.50. The highest BCUT2D eigenvalue weighted by molar-refractivity contribution is 6.02. The van der Waals surface area contributed by atoms with Gasteiger partial charge in [0, 0.05) is 44.5 Å². The number of nitrogens with one attached hydrogen (secondary N) is 2. The lowest BCUT2D eigenvalue weighted by atomic mass is 10.1. The summed E-state index contributed by atoms with van der Waals surface area (Å²) in [5.41, 5.74) is 1.64. The number of anilines is 2. The van der Waals surface area contributed by atoms with Gasteiger partial charge in [-0.2, -0.15) is 0 Å². The van der Waals surface area contributed by atoms with Gasteiger partial charge in [0.2, 0.25) is 0 Å². The van der Waals surface area contributed by atoms with Crippen LogP contribution in [0.4, 0.5) is 11.6 Å². The highest BCUT2D eigenvalue weighted by Crippen LogP contribution is 2.23. The SMILES string of the molecule is CNc1nc(N2CCCCCCC2)ccc1C(=N)CCCN1CC=CC1. The molecule has 0 radical (unpaired) electrons. The van der Waals surface area contributed by atoms with Crippen LogP contribution in [-0.2, 0) is 0 Å². The molecule has 0 atom stereocenters. The Balaban J connectivity index is 1.60. The molecule has 1 fully saturated rings. The summed E-state index contributed by atoms with van der Waals surface area (Å²) in [6, 6.07) is 4.20. The molecule has 2 aliphatic rings. The molecule has 0 aromatic carbocycles. The molecular weight excluding hydrogens is 322 g/mol. The van der Waals surface area contributed by atoms with Crippen molar-refractivity contribution in [3.63, 3.8) is 0 Å². The zero-order valence-corrected chi connectivity index (χ0v) is 16.1. The maximum Gasteiger partial charge on any atom is 0.137 e. The van der Waals surface area contributed by atoms with Gasteiger partial charge in [-0.3, -0.25) is 4.90 Å². The molecule has 0 aliphatic carbocycles. The molecule has 2 aliphatic heterocycles. The quantitative estimate of drug-likeness (QED) is 0.575. The lowest BCUT2D eigenvalue weighted by Gasteiger charge is -2.26. The fourth-order valence-corrected chi connectivity index (χ4v) is 3.85. The molecule has 26 heavy (non-hydrogen) atoms. The van der Waals surface area contributed by atoms with Crippen LogP contribution in [0.15, 0.2) is 24.3 Å². The summed E-state index contributed by atoms with van der Waals surface area (Å²) in [5, 5.41) is 11.7. The molecule has 3 rings (SSSR count). The van der Waals surface area contributed by atoms with E-state index < -0.39 is 0 Å². The molecule has 3 heterocycles. The van der Waals surface area contributed by atoms with Crippen LogP contribution in [0.2, 0.25) is 0 Å². The number of hydrogen-bond donors (Lipinski definition) is 2. The van der Waals surface area contributed by atoms with Crippen molar-refractivity contribution in [1.82, 2.24) is 9.88 Å². The predicted molar refractivity (Wildman–Crippen MR) is 111 cm³/mol. The van der Waals surface area contributed by atoms with E-state index in [-0.39, 0.29) is 0 Å². The molecule has 0 bridgehead atoms. The highest BCUT2D eigenvalue weighted by Gasteiger charge is 2.15. The Morgan fingerprint density at radius 2 is 1.77 bits per heavy atom. The molecule has 1 aromatic rings. The summed E-state index contributed by atoms with van der Waals surface area (Å²) in [4.78, 5) is 9.67. The van der Waals surface area contributed by atoms with E-state index in [9.17, 15) is 0 Å². The first-order valence-corrected chi connectivity index (χ1v) is 10.2. The third-order valence-corrected chi connectivity index (χ3v) is 5.42. The average Bonchev–Trinajstić information content (AvgIpc) is 3.14. The van der Waals surface area contributed by atoms with Crippen LogP contribution in [0.1, 0.15) is 50.5 Å². The number of nitrogens with zero attached hydrogens (tertiary/aromatic N) is 3. The molecule has 0 amide bonds. The van der Waals surface area contributed by atoms with Gasteiger partial charge in [-0.05, 0) is 44.4 Å². The zero-order valence-electron chi connectivity index (χ0n) is 16.1. The molecule has 0 saturated carbocycles. The van der Waals surface area contributed by atoms with E-state index in [1.807, 2.05) is 7.05 Å². The van der Waals surface area contributed by atoms with Gasteiger partial charge in [-0.15, -0.1) is 0 Å². The minimum atomic E-state index is 0.688. The van der Waals surface area contributed by atoms with E-state index in [1.54, 1.807) is 0 Å². The second-order valence-corrected chi connectivity index (χ2v) is 7.38. The van der Waals surface area contributed by atoms with Gasteiger partial charge in [-0.25, -0.2) is 4.98 Å². The molecule has 5 nitrogen and oxygen atoms in total. The molecular formula is C21H33N5. The van der Waals surface area contributed by atoms with E-state index in [2.05, 4.69) is 39.4 Å². The molecule has 142 valence electrons. The average molecular weight is 356 g/mol. The fourth-order valence-electron chi connectivity index (χ4n) is 3.85. The molecule has 1 saturated heterocycles.